The molecule has 4 heteroatoms. The predicted octanol–water partition coefficient (Wildman–Crippen LogP) is 6.77. The van der Waals surface area contributed by atoms with Crippen molar-refractivity contribution in [3.63, 3.8) is 0 Å². The first-order chi connectivity index (χ1) is 16.1. The van der Waals surface area contributed by atoms with Crippen molar-refractivity contribution < 1.29 is 9.59 Å². The van der Waals surface area contributed by atoms with Crippen molar-refractivity contribution in [1.82, 2.24) is 4.90 Å². The van der Waals surface area contributed by atoms with E-state index in [1.54, 1.807) is 6.92 Å². The first-order valence-corrected chi connectivity index (χ1v) is 12.8. The van der Waals surface area contributed by atoms with Crippen LogP contribution in [0.25, 0.3) is 0 Å². The molecule has 33 heavy (non-hydrogen) atoms. The topological polar surface area (TPSA) is 40.6 Å². The van der Waals surface area contributed by atoms with Crippen LogP contribution < -0.4 is 4.90 Å². The number of hydrogen-bond donors (Lipinski definition) is 0. The molecular weight excluding hydrogens is 408 g/mol. The molecule has 2 aromatic rings. The van der Waals surface area contributed by atoms with Gasteiger partial charge in [0.05, 0.1) is 0 Å². The van der Waals surface area contributed by atoms with E-state index >= 15 is 0 Å². The normalized spacial score (nSPS) is 15.7. The maximum absolute atomic E-state index is 13.5. The minimum Gasteiger partial charge on any atom is -0.334 e. The number of hydrogen-bond acceptors (Lipinski definition) is 2. The Morgan fingerprint density at radius 1 is 0.818 bits per heavy atom. The number of fused-ring (bicyclic) bond motifs is 1. The molecule has 2 amide bonds. The summed E-state index contributed by atoms with van der Waals surface area (Å²) in [4.78, 5) is 29.8. The van der Waals surface area contributed by atoms with E-state index < -0.39 is 0 Å². The number of carbonyl (C=O) groups is 2. The summed E-state index contributed by atoms with van der Waals surface area (Å²) >= 11 is 0. The zero-order chi connectivity index (χ0) is 23.5. The molecule has 0 atom stereocenters. The summed E-state index contributed by atoms with van der Waals surface area (Å²) in [6.07, 6.45) is 11.4. The van der Waals surface area contributed by atoms with Crippen LogP contribution in [0.1, 0.15) is 93.1 Å². The zero-order valence-electron chi connectivity index (χ0n) is 20.5. The Morgan fingerprint density at radius 2 is 1.48 bits per heavy atom. The lowest BCUT2D eigenvalue weighted by atomic mass is 10.0. The summed E-state index contributed by atoms with van der Waals surface area (Å²) in [6.45, 7) is 5.86. The minimum absolute atomic E-state index is 0.0638. The number of nitrogens with zero attached hydrogens (tertiary/aromatic N) is 2. The van der Waals surface area contributed by atoms with E-state index in [4.69, 9.17) is 0 Å². The number of benzene rings is 2. The number of para-hydroxylation sites is 1. The second-order valence-electron chi connectivity index (χ2n) is 9.30. The molecule has 0 saturated heterocycles. The lowest BCUT2D eigenvalue weighted by molar-refractivity contribution is -0.116. The summed E-state index contributed by atoms with van der Waals surface area (Å²) in [6, 6.07) is 16.2. The molecule has 0 radical (unpaired) electrons. The van der Waals surface area contributed by atoms with Gasteiger partial charge in [-0.1, -0.05) is 75.8 Å². The van der Waals surface area contributed by atoms with Gasteiger partial charge in [0.25, 0.3) is 5.91 Å². The SMILES string of the molecule is CCCCCc1ccc(C(=O)N2CCCCCCCCN(C(C)=O)c3ccccc3C2)cc1. The Balaban J connectivity index is 1.83. The third-order valence-electron chi connectivity index (χ3n) is 6.64. The van der Waals surface area contributed by atoms with Crippen molar-refractivity contribution in [3.8, 4) is 0 Å². The van der Waals surface area contributed by atoms with Crippen LogP contribution in [0.3, 0.4) is 0 Å². The highest BCUT2D eigenvalue weighted by molar-refractivity contribution is 5.95. The molecule has 2 aromatic carbocycles. The number of amides is 2. The van der Waals surface area contributed by atoms with E-state index in [-0.39, 0.29) is 11.8 Å². The van der Waals surface area contributed by atoms with Gasteiger partial charge in [0.2, 0.25) is 5.91 Å². The van der Waals surface area contributed by atoms with Crippen molar-refractivity contribution in [2.75, 3.05) is 18.0 Å². The molecule has 0 bridgehead atoms. The first-order valence-electron chi connectivity index (χ1n) is 12.8. The van der Waals surface area contributed by atoms with Gasteiger partial charge in [-0.2, -0.15) is 0 Å². The fourth-order valence-electron chi connectivity index (χ4n) is 4.67. The van der Waals surface area contributed by atoms with Gasteiger partial charge in [0.1, 0.15) is 0 Å². The number of unbranched alkanes of at least 4 members (excludes halogenated alkanes) is 2. The van der Waals surface area contributed by atoms with Crippen molar-refractivity contribution in [2.24, 2.45) is 0 Å². The van der Waals surface area contributed by atoms with Gasteiger partial charge in [-0.25, -0.2) is 0 Å². The molecule has 3 rings (SSSR count). The van der Waals surface area contributed by atoms with E-state index in [1.807, 2.05) is 40.1 Å². The molecule has 0 aliphatic carbocycles. The Kier molecular flexibility index (Phi) is 9.99. The highest BCUT2D eigenvalue weighted by Gasteiger charge is 2.21. The molecule has 178 valence electrons. The lowest BCUT2D eigenvalue weighted by Gasteiger charge is -2.28. The maximum atomic E-state index is 13.5. The Labute approximate surface area is 200 Å². The van der Waals surface area contributed by atoms with Crippen LogP contribution in [0.4, 0.5) is 5.69 Å². The standard InChI is InChI=1S/C29H40N2O2/c1-3-4-9-14-25-17-19-26(20-18-25)29(33)30-21-12-7-5-6-8-13-22-31(24(2)32)28-16-11-10-15-27(28)23-30/h10-11,15-20H,3-9,12-14,21-23H2,1-2H3. The van der Waals surface area contributed by atoms with Crippen LogP contribution in [-0.4, -0.2) is 29.8 Å². The van der Waals surface area contributed by atoms with Crippen LogP contribution in [0.2, 0.25) is 0 Å². The summed E-state index contributed by atoms with van der Waals surface area (Å²) in [5.41, 5.74) is 4.02. The second kappa shape index (κ2) is 13.2. The van der Waals surface area contributed by atoms with Gasteiger partial charge in [-0.15, -0.1) is 0 Å². The lowest BCUT2D eigenvalue weighted by Crippen LogP contribution is -2.34. The molecule has 0 unspecified atom stereocenters. The van der Waals surface area contributed by atoms with Crippen LogP contribution >= 0.6 is 0 Å². The minimum atomic E-state index is 0.0638. The fourth-order valence-corrected chi connectivity index (χ4v) is 4.67. The van der Waals surface area contributed by atoms with E-state index in [1.165, 1.54) is 37.7 Å². The van der Waals surface area contributed by atoms with Gasteiger partial charge < -0.3 is 9.80 Å². The average molecular weight is 449 g/mol. The molecule has 0 aromatic heterocycles. The molecular formula is C29H40N2O2. The number of carbonyl (C=O) groups excluding carboxylic acids is 2. The molecule has 1 aliphatic heterocycles. The van der Waals surface area contributed by atoms with E-state index in [0.29, 0.717) is 6.54 Å². The summed E-state index contributed by atoms with van der Waals surface area (Å²) in [7, 11) is 0. The molecule has 0 saturated carbocycles. The summed E-state index contributed by atoms with van der Waals surface area (Å²) < 4.78 is 0. The highest BCUT2D eigenvalue weighted by atomic mass is 16.2. The van der Waals surface area contributed by atoms with Gasteiger partial charge >= 0.3 is 0 Å². The highest BCUT2D eigenvalue weighted by Crippen LogP contribution is 2.25. The Bertz CT molecular complexity index is 891. The maximum Gasteiger partial charge on any atom is 0.254 e. The monoisotopic (exact) mass is 448 g/mol. The molecule has 0 spiro atoms. The quantitative estimate of drug-likeness (QED) is 0.474. The third kappa shape index (κ3) is 7.45. The largest absolute Gasteiger partial charge is 0.334 e. The predicted molar refractivity (Wildman–Crippen MR) is 137 cm³/mol. The van der Waals surface area contributed by atoms with Crippen molar-refractivity contribution >= 4 is 17.5 Å². The van der Waals surface area contributed by atoms with Gasteiger partial charge in [-0.3, -0.25) is 9.59 Å². The Hall–Kier alpha value is -2.62. The number of anilines is 1. The number of aryl methyl sites for hydroxylation is 1. The van der Waals surface area contributed by atoms with Gasteiger partial charge in [0, 0.05) is 37.8 Å². The Morgan fingerprint density at radius 3 is 2.18 bits per heavy atom. The van der Waals surface area contributed by atoms with Crippen LogP contribution in [0, 0.1) is 0 Å². The van der Waals surface area contributed by atoms with E-state index in [0.717, 1.165) is 62.0 Å². The second-order valence-corrected chi connectivity index (χ2v) is 9.30. The molecule has 4 nitrogen and oxygen atoms in total. The number of rotatable bonds is 5. The van der Waals surface area contributed by atoms with Gasteiger partial charge in [0.15, 0.2) is 0 Å². The van der Waals surface area contributed by atoms with E-state index in [9.17, 15) is 9.59 Å². The van der Waals surface area contributed by atoms with E-state index in [2.05, 4.69) is 25.1 Å². The molecule has 0 N–H and O–H groups in total. The summed E-state index contributed by atoms with van der Waals surface area (Å²) in [5, 5.41) is 0. The molecule has 0 fully saturated rings. The van der Waals surface area contributed by atoms with Crippen molar-refractivity contribution in [2.45, 2.75) is 84.6 Å². The third-order valence-corrected chi connectivity index (χ3v) is 6.64. The molecule has 1 heterocycles. The summed E-state index contributed by atoms with van der Waals surface area (Å²) in [5.74, 6) is 0.142. The van der Waals surface area contributed by atoms with Crippen LogP contribution in [-0.2, 0) is 17.8 Å². The van der Waals surface area contributed by atoms with Crippen LogP contribution in [0.5, 0.6) is 0 Å². The van der Waals surface area contributed by atoms with Crippen molar-refractivity contribution in [3.05, 3.63) is 65.2 Å². The van der Waals surface area contributed by atoms with Crippen LogP contribution in [0.15, 0.2) is 48.5 Å². The van der Waals surface area contributed by atoms with Crippen molar-refractivity contribution in [1.29, 1.82) is 0 Å². The fraction of sp³-hybridized carbons (Fsp3) is 0.517. The zero-order valence-corrected chi connectivity index (χ0v) is 20.5. The van der Waals surface area contributed by atoms with Gasteiger partial charge in [-0.05, 0) is 55.0 Å². The smallest absolute Gasteiger partial charge is 0.254 e. The molecule has 1 aliphatic rings. The average Bonchev–Trinajstić information content (AvgIpc) is 2.84. The first kappa shape index (κ1) is 25.0.